The fraction of sp³-hybridized carbons (Fsp3) is 0.0714. The predicted octanol–water partition coefficient (Wildman–Crippen LogP) is 2.50. The van der Waals surface area contributed by atoms with Gasteiger partial charge >= 0.3 is 5.97 Å². The molecule has 1 amide bonds. The normalized spacial score (nSPS) is 10.2. The van der Waals surface area contributed by atoms with E-state index in [1.54, 1.807) is 0 Å². The van der Waals surface area contributed by atoms with Crippen molar-refractivity contribution in [3.05, 3.63) is 64.2 Å². The number of carboxylic acid groups (broad SMARTS) is 1. The monoisotopic (exact) mass is 308 g/mol. The molecule has 1 aromatic carbocycles. The van der Waals surface area contributed by atoms with Crippen LogP contribution in [0.1, 0.15) is 26.4 Å². The molecule has 7 heteroatoms. The first-order valence-electron chi connectivity index (χ1n) is 5.89. The molecule has 21 heavy (non-hydrogen) atoms. The van der Waals surface area contributed by atoms with Crippen molar-refractivity contribution in [1.29, 1.82) is 0 Å². The van der Waals surface area contributed by atoms with Gasteiger partial charge in [0.25, 0.3) is 5.91 Å². The standard InChI is InChI=1S/C14H10ClFN2O3/c15-11-6-8(1-2-12(11)16)13(19)18-7-10-5-9(14(20)21)3-4-17-10/h1-6H,7H2,(H,18,19)(H,20,21). The lowest BCUT2D eigenvalue weighted by Crippen LogP contribution is -2.23. The number of hydrogen-bond donors (Lipinski definition) is 2. The molecule has 1 aromatic heterocycles. The maximum Gasteiger partial charge on any atom is 0.335 e. The minimum Gasteiger partial charge on any atom is -0.478 e. The quantitative estimate of drug-likeness (QED) is 0.909. The third-order valence-electron chi connectivity index (χ3n) is 2.68. The molecular formula is C14H10ClFN2O3. The number of aromatic nitrogens is 1. The highest BCUT2D eigenvalue weighted by Crippen LogP contribution is 2.16. The van der Waals surface area contributed by atoms with Crippen molar-refractivity contribution in [2.45, 2.75) is 6.54 Å². The van der Waals surface area contributed by atoms with Gasteiger partial charge in [0.05, 0.1) is 22.8 Å². The Bertz CT molecular complexity index is 706. The molecule has 0 unspecified atom stereocenters. The Balaban J connectivity index is 2.05. The van der Waals surface area contributed by atoms with Crippen LogP contribution in [0.25, 0.3) is 0 Å². The van der Waals surface area contributed by atoms with Crippen LogP contribution in [0, 0.1) is 5.82 Å². The Morgan fingerprint density at radius 1 is 1.24 bits per heavy atom. The highest BCUT2D eigenvalue weighted by Gasteiger charge is 2.10. The first-order valence-corrected chi connectivity index (χ1v) is 6.26. The zero-order valence-corrected chi connectivity index (χ0v) is 11.4. The molecule has 0 saturated heterocycles. The maximum absolute atomic E-state index is 13.0. The predicted molar refractivity (Wildman–Crippen MR) is 73.8 cm³/mol. The number of pyridine rings is 1. The molecule has 0 fully saturated rings. The van der Waals surface area contributed by atoms with Gasteiger partial charge in [-0.2, -0.15) is 0 Å². The van der Waals surface area contributed by atoms with Crippen LogP contribution < -0.4 is 5.32 Å². The van der Waals surface area contributed by atoms with Gasteiger partial charge in [-0.05, 0) is 30.3 Å². The van der Waals surface area contributed by atoms with E-state index in [1.165, 1.54) is 30.5 Å². The lowest BCUT2D eigenvalue weighted by Gasteiger charge is -2.06. The maximum atomic E-state index is 13.0. The molecule has 0 atom stereocenters. The number of carbonyl (C=O) groups is 2. The molecule has 2 rings (SSSR count). The van der Waals surface area contributed by atoms with Crippen LogP contribution in [0.15, 0.2) is 36.5 Å². The molecule has 0 aliphatic rings. The number of rotatable bonds is 4. The van der Waals surface area contributed by atoms with Crippen molar-refractivity contribution < 1.29 is 19.1 Å². The average Bonchev–Trinajstić information content (AvgIpc) is 2.48. The molecule has 2 aromatic rings. The smallest absolute Gasteiger partial charge is 0.335 e. The van der Waals surface area contributed by atoms with Gasteiger partial charge in [0, 0.05) is 11.8 Å². The summed E-state index contributed by atoms with van der Waals surface area (Å²) in [6.45, 7) is 0.0505. The van der Waals surface area contributed by atoms with Gasteiger partial charge in [0.15, 0.2) is 0 Å². The van der Waals surface area contributed by atoms with Crippen molar-refractivity contribution in [3.63, 3.8) is 0 Å². The minimum atomic E-state index is -1.07. The summed E-state index contributed by atoms with van der Waals surface area (Å²) in [5.74, 6) is -2.14. The summed E-state index contributed by atoms with van der Waals surface area (Å²) < 4.78 is 13.0. The van der Waals surface area contributed by atoms with E-state index in [2.05, 4.69) is 10.3 Å². The fourth-order valence-electron chi connectivity index (χ4n) is 1.62. The topological polar surface area (TPSA) is 79.3 Å². The number of nitrogens with zero attached hydrogens (tertiary/aromatic N) is 1. The molecule has 108 valence electrons. The van der Waals surface area contributed by atoms with Crippen LogP contribution in [0.5, 0.6) is 0 Å². The lowest BCUT2D eigenvalue weighted by atomic mass is 10.2. The third kappa shape index (κ3) is 3.76. The van der Waals surface area contributed by atoms with E-state index < -0.39 is 17.7 Å². The van der Waals surface area contributed by atoms with Crippen molar-refractivity contribution >= 4 is 23.5 Å². The highest BCUT2D eigenvalue weighted by atomic mass is 35.5. The second kappa shape index (κ2) is 6.32. The zero-order chi connectivity index (χ0) is 15.4. The second-order valence-corrected chi connectivity index (χ2v) is 4.56. The van der Waals surface area contributed by atoms with E-state index in [4.69, 9.17) is 16.7 Å². The summed E-state index contributed by atoms with van der Waals surface area (Å²) in [6.07, 6.45) is 1.35. The summed E-state index contributed by atoms with van der Waals surface area (Å²) in [7, 11) is 0. The van der Waals surface area contributed by atoms with Gasteiger partial charge in [0.1, 0.15) is 5.82 Å². The number of hydrogen-bond acceptors (Lipinski definition) is 3. The van der Waals surface area contributed by atoms with Crippen LogP contribution in [-0.2, 0) is 6.54 Å². The van der Waals surface area contributed by atoms with E-state index in [0.717, 1.165) is 6.07 Å². The van der Waals surface area contributed by atoms with E-state index >= 15 is 0 Å². The average molecular weight is 309 g/mol. The summed E-state index contributed by atoms with van der Waals surface area (Å²) in [5, 5.41) is 11.3. The summed E-state index contributed by atoms with van der Waals surface area (Å²) in [6, 6.07) is 6.33. The fourth-order valence-corrected chi connectivity index (χ4v) is 1.80. The molecule has 0 radical (unpaired) electrons. The number of nitrogens with one attached hydrogen (secondary N) is 1. The molecule has 1 heterocycles. The van der Waals surface area contributed by atoms with Gasteiger partial charge in [-0.3, -0.25) is 9.78 Å². The minimum absolute atomic E-state index is 0.0505. The number of aromatic carboxylic acids is 1. The van der Waals surface area contributed by atoms with E-state index in [1.807, 2.05) is 0 Å². The summed E-state index contributed by atoms with van der Waals surface area (Å²) >= 11 is 5.60. The van der Waals surface area contributed by atoms with Gasteiger partial charge in [-0.1, -0.05) is 11.6 Å². The Hall–Kier alpha value is -2.47. The molecule has 0 bridgehead atoms. The van der Waals surface area contributed by atoms with Crippen LogP contribution in [-0.4, -0.2) is 22.0 Å². The first kappa shape index (κ1) is 14.9. The van der Waals surface area contributed by atoms with Crippen LogP contribution >= 0.6 is 11.6 Å². The van der Waals surface area contributed by atoms with Crippen LogP contribution in [0.4, 0.5) is 4.39 Å². The molecule has 5 nitrogen and oxygen atoms in total. The number of halogens is 2. The second-order valence-electron chi connectivity index (χ2n) is 4.15. The Kier molecular flexibility index (Phi) is 4.49. The molecule has 2 N–H and O–H groups in total. The van der Waals surface area contributed by atoms with E-state index in [-0.39, 0.29) is 22.7 Å². The van der Waals surface area contributed by atoms with Crippen molar-refractivity contribution in [3.8, 4) is 0 Å². The van der Waals surface area contributed by atoms with Crippen molar-refractivity contribution in [2.24, 2.45) is 0 Å². The van der Waals surface area contributed by atoms with Gasteiger partial charge < -0.3 is 10.4 Å². The summed E-state index contributed by atoms with van der Waals surface area (Å²) in [5.41, 5.74) is 0.686. The Morgan fingerprint density at radius 3 is 2.67 bits per heavy atom. The lowest BCUT2D eigenvalue weighted by molar-refractivity contribution is 0.0696. The van der Waals surface area contributed by atoms with Gasteiger partial charge in [-0.25, -0.2) is 9.18 Å². The van der Waals surface area contributed by atoms with E-state index in [0.29, 0.717) is 5.69 Å². The summed E-state index contributed by atoms with van der Waals surface area (Å²) in [4.78, 5) is 26.6. The van der Waals surface area contributed by atoms with Crippen molar-refractivity contribution in [1.82, 2.24) is 10.3 Å². The number of carboxylic acids is 1. The number of benzene rings is 1. The largest absolute Gasteiger partial charge is 0.478 e. The Labute approximate surface area is 124 Å². The number of carbonyl (C=O) groups excluding carboxylic acids is 1. The molecule has 0 saturated carbocycles. The number of amides is 1. The van der Waals surface area contributed by atoms with Gasteiger partial charge in [0.2, 0.25) is 0 Å². The highest BCUT2D eigenvalue weighted by molar-refractivity contribution is 6.31. The zero-order valence-electron chi connectivity index (χ0n) is 10.6. The first-order chi connectivity index (χ1) is 9.97. The molecule has 0 aliphatic heterocycles. The van der Waals surface area contributed by atoms with E-state index in [9.17, 15) is 14.0 Å². The van der Waals surface area contributed by atoms with Crippen molar-refractivity contribution in [2.75, 3.05) is 0 Å². The molecule has 0 aliphatic carbocycles. The third-order valence-corrected chi connectivity index (χ3v) is 2.97. The molecule has 0 spiro atoms. The van der Waals surface area contributed by atoms with Gasteiger partial charge in [-0.15, -0.1) is 0 Å². The SMILES string of the molecule is O=C(O)c1ccnc(CNC(=O)c2ccc(F)c(Cl)c2)c1. The Morgan fingerprint density at radius 2 is 2.00 bits per heavy atom. The van der Waals surface area contributed by atoms with Crippen LogP contribution in [0.3, 0.4) is 0 Å². The molecular weight excluding hydrogens is 299 g/mol. The van der Waals surface area contributed by atoms with Crippen LogP contribution in [0.2, 0.25) is 5.02 Å².